The number of carbonyl (C=O) groups is 1. The van der Waals surface area contributed by atoms with Gasteiger partial charge in [-0.1, -0.05) is 54.6 Å². The molecule has 1 amide bonds. The van der Waals surface area contributed by atoms with Crippen molar-refractivity contribution >= 4 is 23.2 Å². The number of halogens is 1. The lowest BCUT2D eigenvalue weighted by molar-refractivity contribution is 0.0633. The molecule has 1 aliphatic rings. The molecular weight excluding hydrogens is 386 g/mol. The van der Waals surface area contributed by atoms with E-state index in [1.54, 1.807) is 18.2 Å². The number of nitrogens with zero attached hydrogens (tertiary/aromatic N) is 2. The summed E-state index contributed by atoms with van der Waals surface area (Å²) in [6, 6.07) is 13.9. The highest BCUT2D eigenvalue weighted by molar-refractivity contribution is 6.33. The molecule has 0 saturated carbocycles. The molecule has 1 heterocycles. The van der Waals surface area contributed by atoms with Gasteiger partial charge in [0.05, 0.1) is 16.3 Å². The van der Waals surface area contributed by atoms with Crippen molar-refractivity contribution in [2.24, 2.45) is 0 Å². The third-order valence-corrected chi connectivity index (χ3v) is 5.69. The first-order valence-electron chi connectivity index (χ1n) is 9.85. The highest BCUT2D eigenvalue weighted by Gasteiger charge is 2.28. The molecule has 2 N–H and O–H groups in total. The minimum Gasteiger partial charge on any atom is -0.489 e. The van der Waals surface area contributed by atoms with Crippen LogP contribution in [0.25, 0.3) is 0 Å². The molecule has 6 heteroatoms. The van der Waals surface area contributed by atoms with Crippen LogP contribution in [0.15, 0.2) is 55.1 Å². The van der Waals surface area contributed by atoms with Crippen molar-refractivity contribution in [3.8, 4) is 5.75 Å². The number of rotatable bonds is 7. The number of anilines is 1. The highest BCUT2D eigenvalue weighted by Crippen LogP contribution is 2.31. The first kappa shape index (κ1) is 21.2. The van der Waals surface area contributed by atoms with Gasteiger partial charge in [-0.2, -0.15) is 0 Å². The summed E-state index contributed by atoms with van der Waals surface area (Å²) in [6.07, 6.45) is 3.49. The van der Waals surface area contributed by atoms with E-state index in [0.29, 0.717) is 28.6 Å². The van der Waals surface area contributed by atoms with E-state index in [0.717, 1.165) is 32.5 Å². The fourth-order valence-corrected chi connectivity index (χ4v) is 3.83. The predicted octanol–water partition coefficient (Wildman–Crippen LogP) is 4.22. The molecule has 0 radical (unpaired) electrons. The van der Waals surface area contributed by atoms with Crippen LogP contribution < -0.4 is 10.5 Å². The van der Waals surface area contributed by atoms with Gasteiger partial charge in [0.1, 0.15) is 12.4 Å². The third-order valence-electron chi connectivity index (χ3n) is 5.36. The van der Waals surface area contributed by atoms with Gasteiger partial charge < -0.3 is 15.4 Å². The van der Waals surface area contributed by atoms with Crippen LogP contribution in [0.1, 0.15) is 28.8 Å². The minimum atomic E-state index is -0.104. The second kappa shape index (κ2) is 9.81. The van der Waals surface area contributed by atoms with Crippen LogP contribution >= 0.6 is 11.6 Å². The molecule has 0 aliphatic carbocycles. The maximum absolute atomic E-state index is 13.2. The van der Waals surface area contributed by atoms with Crippen LogP contribution in [0, 0.1) is 0 Å². The number of hydrogen-bond acceptors (Lipinski definition) is 4. The molecule has 5 nitrogen and oxygen atoms in total. The van der Waals surface area contributed by atoms with Crippen molar-refractivity contribution in [1.29, 1.82) is 0 Å². The van der Waals surface area contributed by atoms with Gasteiger partial charge in [-0.25, -0.2) is 0 Å². The van der Waals surface area contributed by atoms with E-state index < -0.39 is 0 Å². The van der Waals surface area contributed by atoms with Crippen molar-refractivity contribution in [2.45, 2.75) is 25.4 Å². The van der Waals surface area contributed by atoms with Crippen LogP contribution in [-0.2, 0) is 6.54 Å². The Labute approximate surface area is 177 Å². The maximum Gasteiger partial charge on any atom is 0.257 e. The van der Waals surface area contributed by atoms with Crippen molar-refractivity contribution in [2.75, 3.05) is 32.5 Å². The van der Waals surface area contributed by atoms with Gasteiger partial charge in [-0.3, -0.25) is 9.69 Å². The fourth-order valence-electron chi connectivity index (χ4n) is 3.67. The molecule has 1 fully saturated rings. The first-order chi connectivity index (χ1) is 14.0. The quantitative estimate of drug-likeness (QED) is 0.545. The molecule has 154 valence electrons. The number of nitrogen functional groups attached to an aromatic ring is 1. The normalized spacial score (nSPS) is 15.1. The van der Waals surface area contributed by atoms with Gasteiger partial charge in [0, 0.05) is 38.8 Å². The summed E-state index contributed by atoms with van der Waals surface area (Å²) >= 11 is 6.17. The van der Waals surface area contributed by atoms with Crippen LogP contribution in [0.3, 0.4) is 0 Å². The van der Waals surface area contributed by atoms with Gasteiger partial charge in [0.25, 0.3) is 5.91 Å². The van der Waals surface area contributed by atoms with E-state index in [1.165, 1.54) is 5.56 Å². The summed E-state index contributed by atoms with van der Waals surface area (Å²) in [7, 11) is 1.85. The SMILES string of the molecule is C=CCOc1cc(N)c(Cl)cc1C(=O)N(C)C1CCN(Cc2ccccc2)CC1. The fraction of sp³-hybridized carbons (Fsp3) is 0.348. The lowest BCUT2D eigenvalue weighted by atomic mass is 10.0. The molecule has 29 heavy (non-hydrogen) atoms. The number of benzene rings is 2. The van der Waals surface area contributed by atoms with E-state index >= 15 is 0 Å². The highest BCUT2D eigenvalue weighted by atomic mass is 35.5. The number of nitrogens with two attached hydrogens (primary N) is 1. The summed E-state index contributed by atoms with van der Waals surface area (Å²) in [4.78, 5) is 17.4. The number of carbonyl (C=O) groups excluding carboxylic acids is 1. The maximum atomic E-state index is 13.2. The summed E-state index contributed by atoms with van der Waals surface area (Å²) in [5.41, 5.74) is 8.03. The molecule has 1 saturated heterocycles. The van der Waals surface area contributed by atoms with Gasteiger partial charge in [-0.05, 0) is 24.5 Å². The van der Waals surface area contributed by atoms with Gasteiger partial charge in [-0.15, -0.1) is 0 Å². The van der Waals surface area contributed by atoms with Crippen molar-refractivity contribution in [3.63, 3.8) is 0 Å². The van der Waals surface area contributed by atoms with Crippen molar-refractivity contribution in [1.82, 2.24) is 9.80 Å². The number of likely N-dealkylation sites (tertiary alicyclic amines) is 1. The Bertz CT molecular complexity index is 849. The Morgan fingerprint density at radius 3 is 2.66 bits per heavy atom. The average molecular weight is 414 g/mol. The lowest BCUT2D eigenvalue weighted by Gasteiger charge is -2.37. The lowest BCUT2D eigenvalue weighted by Crippen LogP contribution is -2.45. The average Bonchev–Trinajstić information content (AvgIpc) is 2.74. The Hall–Kier alpha value is -2.50. The number of amides is 1. The zero-order valence-electron chi connectivity index (χ0n) is 16.8. The van der Waals surface area contributed by atoms with Crippen LogP contribution in [0.2, 0.25) is 5.02 Å². The smallest absolute Gasteiger partial charge is 0.257 e. The zero-order valence-corrected chi connectivity index (χ0v) is 17.6. The van der Waals surface area contributed by atoms with E-state index in [-0.39, 0.29) is 11.9 Å². The molecule has 0 unspecified atom stereocenters. The summed E-state index contributed by atoms with van der Waals surface area (Å²) < 4.78 is 5.65. The Morgan fingerprint density at radius 1 is 1.31 bits per heavy atom. The topological polar surface area (TPSA) is 58.8 Å². The molecular formula is C23H28ClN3O2. The summed E-state index contributed by atoms with van der Waals surface area (Å²) in [5.74, 6) is 0.331. The Morgan fingerprint density at radius 2 is 2.00 bits per heavy atom. The van der Waals surface area contributed by atoms with E-state index in [4.69, 9.17) is 22.1 Å². The van der Waals surface area contributed by atoms with Gasteiger partial charge in [0.2, 0.25) is 0 Å². The van der Waals surface area contributed by atoms with Crippen LogP contribution in [-0.4, -0.2) is 48.5 Å². The third kappa shape index (κ3) is 5.31. The number of hydrogen-bond donors (Lipinski definition) is 1. The van der Waals surface area contributed by atoms with Gasteiger partial charge >= 0.3 is 0 Å². The standard InChI is InChI=1S/C23H28ClN3O2/c1-3-13-29-22-15-21(25)20(24)14-19(22)23(28)26(2)18-9-11-27(12-10-18)16-17-7-5-4-6-8-17/h3-8,14-15,18H,1,9-13,16,25H2,2H3. The largest absolute Gasteiger partial charge is 0.489 e. The summed E-state index contributed by atoms with van der Waals surface area (Å²) in [5, 5.41) is 0.352. The minimum absolute atomic E-state index is 0.104. The van der Waals surface area contributed by atoms with Crippen LogP contribution in [0.5, 0.6) is 5.75 Å². The van der Waals surface area contributed by atoms with E-state index in [2.05, 4.69) is 35.7 Å². The van der Waals surface area contributed by atoms with Crippen LogP contribution in [0.4, 0.5) is 5.69 Å². The molecule has 0 atom stereocenters. The summed E-state index contributed by atoms with van der Waals surface area (Å²) in [6.45, 7) is 6.81. The molecule has 0 bridgehead atoms. The molecule has 2 aromatic carbocycles. The molecule has 1 aliphatic heterocycles. The Balaban J connectivity index is 1.65. The zero-order chi connectivity index (χ0) is 20.8. The second-order valence-electron chi connectivity index (χ2n) is 7.38. The molecule has 3 rings (SSSR count). The number of piperidine rings is 1. The van der Waals surface area contributed by atoms with Gasteiger partial charge in [0.15, 0.2) is 0 Å². The van der Waals surface area contributed by atoms with E-state index in [1.807, 2.05) is 18.0 Å². The molecule has 2 aromatic rings. The number of ether oxygens (including phenoxy) is 1. The molecule has 0 spiro atoms. The first-order valence-corrected chi connectivity index (χ1v) is 10.2. The monoisotopic (exact) mass is 413 g/mol. The van der Waals surface area contributed by atoms with Crippen molar-refractivity contribution < 1.29 is 9.53 Å². The second-order valence-corrected chi connectivity index (χ2v) is 7.79. The Kier molecular flexibility index (Phi) is 7.18. The molecule has 0 aromatic heterocycles. The predicted molar refractivity (Wildman–Crippen MR) is 118 cm³/mol. The van der Waals surface area contributed by atoms with E-state index in [9.17, 15) is 4.79 Å². The van der Waals surface area contributed by atoms with Crippen molar-refractivity contribution in [3.05, 3.63) is 71.3 Å².